The molecule has 0 saturated carbocycles. The molecule has 23 heavy (non-hydrogen) atoms. The van der Waals surface area contributed by atoms with E-state index in [0.29, 0.717) is 12.2 Å². The maximum absolute atomic E-state index is 13.5. The number of para-hydroxylation sites is 1. The van der Waals surface area contributed by atoms with Crippen LogP contribution in [0.1, 0.15) is 24.2 Å². The van der Waals surface area contributed by atoms with Gasteiger partial charge in [0.15, 0.2) is 0 Å². The summed E-state index contributed by atoms with van der Waals surface area (Å²) in [6, 6.07) is 5.00. The van der Waals surface area contributed by atoms with E-state index in [1.165, 1.54) is 4.90 Å². The molecule has 7 heteroatoms. The summed E-state index contributed by atoms with van der Waals surface area (Å²) < 4.78 is 13.5. The Hall–Kier alpha value is -2.44. The largest absolute Gasteiger partial charge is 0.368 e. The highest BCUT2D eigenvalue weighted by Crippen LogP contribution is 2.22. The number of H-pyrrole nitrogens is 1. The smallest absolute Gasteiger partial charge is 0.240 e. The Kier molecular flexibility index (Phi) is 4.02. The first-order valence-corrected chi connectivity index (χ1v) is 7.62. The van der Waals surface area contributed by atoms with E-state index in [0.717, 1.165) is 16.6 Å². The first-order valence-electron chi connectivity index (χ1n) is 7.62. The number of nitrogens with one attached hydrogen (secondary N) is 1. The Labute approximate surface area is 132 Å². The van der Waals surface area contributed by atoms with Crippen molar-refractivity contribution in [3.63, 3.8) is 0 Å². The van der Waals surface area contributed by atoms with Crippen molar-refractivity contribution in [2.75, 3.05) is 6.54 Å². The van der Waals surface area contributed by atoms with Gasteiger partial charge in [-0.25, -0.2) is 9.37 Å². The van der Waals surface area contributed by atoms with E-state index >= 15 is 0 Å². The lowest BCUT2D eigenvalue weighted by Crippen LogP contribution is -2.43. The molecule has 0 aliphatic carbocycles. The number of imidazole rings is 1. The first kappa shape index (κ1) is 15.5. The van der Waals surface area contributed by atoms with Crippen LogP contribution in [0.4, 0.5) is 4.39 Å². The molecule has 1 aromatic carbocycles. The Bertz CT molecular complexity index is 758. The van der Waals surface area contributed by atoms with Crippen molar-refractivity contribution in [3.05, 3.63) is 29.6 Å². The zero-order valence-corrected chi connectivity index (χ0v) is 12.9. The highest BCUT2D eigenvalue weighted by Gasteiger charge is 2.38. The minimum Gasteiger partial charge on any atom is -0.368 e. The number of fused-ring (bicyclic) bond motifs is 1. The Morgan fingerprint density at radius 2 is 2.26 bits per heavy atom. The van der Waals surface area contributed by atoms with Crippen LogP contribution in [0.2, 0.25) is 0 Å². The molecule has 2 amide bonds. The maximum atomic E-state index is 13.5. The normalized spacial score (nSPS) is 21.0. The number of benzene rings is 1. The predicted molar refractivity (Wildman–Crippen MR) is 83.4 cm³/mol. The number of nitrogens with two attached hydrogens (primary N) is 1. The van der Waals surface area contributed by atoms with Crippen LogP contribution >= 0.6 is 0 Å². The van der Waals surface area contributed by atoms with Crippen molar-refractivity contribution in [2.24, 2.45) is 5.73 Å². The molecular weight excluding hydrogens is 299 g/mol. The second-order valence-corrected chi connectivity index (χ2v) is 5.95. The molecule has 0 spiro atoms. The Balaban J connectivity index is 1.68. The Morgan fingerprint density at radius 3 is 2.96 bits per heavy atom. The maximum Gasteiger partial charge on any atom is 0.240 e. The number of amides is 2. The van der Waals surface area contributed by atoms with Gasteiger partial charge < -0.3 is 15.6 Å². The molecule has 6 nitrogen and oxygen atoms in total. The van der Waals surface area contributed by atoms with Crippen LogP contribution in [0.25, 0.3) is 11.0 Å². The zero-order chi connectivity index (χ0) is 16.6. The average molecular weight is 318 g/mol. The van der Waals surface area contributed by atoms with Gasteiger partial charge in [0.05, 0.1) is 17.6 Å². The molecule has 1 aromatic heterocycles. The quantitative estimate of drug-likeness (QED) is 0.888. The summed E-state index contributed by atoms with van der Waals surface area (Å²) >= 11 is 0. The topological polar surface area (TPSA) is 92.1 Å². The summed E-state index contributed by atoms with van der Waals surface area (Å²) in [6.45, 7) is 1.91. The number of primary amides is 1. The third-order valence-corrected chi connectivity index (χ3v) is 4.24. The molecule has 3 rings (SSSR count). The minimum absolute atomic E-state index is 0.00902. The molecule has 1 aliphatic heterocycles. The minimum atomic E-state index is -1.19. The summed E-state index contributed by atoms with van der Waals surface area (Å²) in [4.78, 5) is 32.5. The molecule has 1 aliphatic rings. The van der Waals surface area contributed by atoms with Crippen molar-refractivity contribution in [1.82, 2.24) is 14.9 Å². The number of aryl methyl sites for hydroxylation is 2. The molecule has 2 atom stereocenters. The summed E-state index contributed by atoms with van der Waals surface area (Å²) in [6.07, 6.45) is -0.628. The van der Waals surface area contributed by atoms with Crippen LogP contribution < -0.4 is 5.73 Å². The summed E-state index contributed by atoms with van der Waals surface area (Å²) in [7, 11) is 0. The molecule has 0 bridgehead atoms. The highest BCUT2D eigenvalue weighted by molar-refractivity contribution is 5.87. The van der Waals surface area contributed by atoms with Gasteiger partial charge in [0.25, 0.3) is 0 Å². The lowest BCUT2D eigenvalue weighted by atomic mass is 10.2. The number of hydrogen-bond acceptors (Lipinski definition) is 3. The van der Waals surface area contributed by atoms with E-state index in [-0.39, 0.29) is 25.3 Å². The molecule has 122 valence electrons. The van der Waals surface area contributed by atoms with Crippen LogP contribution in [0.15, 0.2) is 18.2 Å². The third kappa shape index (κ3) is 3.04. The first-order chi connectivity index (χ1) is 11.0. The number of aromatic amines is 1. The standard InChI is InChI=1S/C16H19FN4O2/c1-9-3-2-4-11-15(9)20-13(19-11)5-6-14(22)21-8-10(17)7-12(21)16(18)23/h2-4,10,12H,5-8H2,1H3,(H2,18,23)(H,19,20)/t10-,12+/m1/s1. The van der Waals surface area contributed by atoms with E-state index in [9.17, 15) is 14.0 Å². The van der Waals surface area contributed by atoms with Gasteiger partial charge in [-0.15, -0.1) is 0 Å². The monoisotopic (exact) mass is 318 g/mol. The van der Waals surface area contributed by atoms with Gasteiger partial charge in [-0.2, -0.15) is 0 Å². The molecule has 1 saturated heterocycles. The summed E-state index contributed by atoms with van der Waals surface area (Å²) in [5.74, 6) is -0.224. The van der Waals surface area contributed by atoms with Crippen LogP contribution in [0.5, 0.6) is 0 Å². The van der Waals surface area contributed by atoms with Crippen LogP contribution in [0.3, 0.4) is 0 Å². The van der Waals surface area contributed by atoms with Crippen LogP contribution in [-0.2, 0) is 16.0 Å². The van der Waals surface area contributed by atoms with E-state index < -0.39 is 18.1 Å². The van der Waals surface area contributed by atoms with E-state index in [1.807, 2.05) is 25.1 Å². The molecule has 2 heterocycles. The second-order valence-electron chi connectivity index (χ2n) is 5.95. The van der Waals surface area contributed by atoms with Crippen molar-refractivity contribution >= 4 is 22.8 Å². The van der Waals surface area contributed by atoms with Crippen LogP contribution in [0, 0.1) is 6.92 Å². The number of halogens is 1. The highest BCUT2D eigenvalue weighted by atomic mass is 19.1. The van der Waals surface area contributed by atoms with Gasteiger partial charge in [0, 0.05) is 19.3 Å². The molecule has 2 aromatic rings. The third-order valence-electron chi connectivity index (χ3n) is 4.24. The van der Waals surface area contributed by atoms with Gasteiger partial charge in [-0.3, -0.25) is 9.59 Å². The van der Waals surface area contributed by atoms with Gasteiger partial charge in [-0.1, -0.05) is 12.1 Å². The summed E-state index contributed by atoms with van der Waals surface area (Å²) in [5.41, 5.74) is 8.11. The van der Waals surface area contributed by atoms with Crippen molar-refractivity contribution in [2.45, 2.75) is 38.4 Å². The number of carbonyl (C=O) groups is 2. The fourth-order valence-corrected chi connectivity index (χ4v) is 3.04. The molecule has 0 radical (unpaired) electrons. The number of hydrogen-bond donors (Lipinski definition) is 2. The number of carbonyl (C=O) groups excluding carboxylic acids is 2. The number of likely N-dealkylation sites (tertiary alicyclic amines) is 1. The number of rotatable bonds is 4. The van der Waals surface area contributed by atoms with Crippen molar-refractivity contribution < 1.29 is 14.0 Å². The lowest BCUT2D eigenvalue weighted by Gasteiger charge is -2.21. The van der Waals surface area contributed by atoms with E-state index in [1.54, 1.807) is 0 Å². The van der Waals surface area contributed by atoms with Crippen molar-refractivity contribution in [3.8, 4) is 0 Å². The molecule has 0 unspecified atom stereocenters. The van der Waals surface area contributed by atoms with E-state index in [2.05, 4.69) is 9.97 Å². The molecule has 3 N–H and O–H groups in total. The fourth-order valence-electron chi connectivity index (χ4n) is 3.04. The van der Waals surface area contributed by atoms with Crippen molar-refractivity contribution in [1.29, 1.82) is 0 Å². The van der Waals surface area contributed by atoms with Gasteiger partial charge in [0.2, 0.25) is 11.8 Å². The van der Waals surface area contributed by atoms with Gasteiger partial charge in [-0.05, 0) is 18.6 Å². The SMILES string of the molecule is Cc1cccc2[nH]c(CCC(=O)N3C[C@H](F)C[C@H]3C(N)=O)nc12. The Morgan fingerprint density at radius 1 is 1.48 bits per heavy atom. The second kappa shape index (κ2) is 5.98. The predicted octanol–water partition coefficient (Wildman–Crippen LogP) is 1.23. The number of alkyl halides is 1. The summed E-state index contributed by atoms with van der Waals surface area (Å²) in [5, 5.41) is 0. The molecule has 1 fully saturated rings. The van der Waals surface area contributed by atoms with Gasteiger partial charge >= 0.3 is 0 Å². The van der Waals surface area contributed by atoms with E-state index in [4.69, 9.17) is 5.73 Å². The zero-order valence-electron chi connectivity index (χ0n) is 12.9. The number of nitrogens with zero attached hydrogens (tertiary/aromatic N) is 2. The average Bonchev–Trinajstić information content (AvgIpc) is 3.09. The van der Waals surface area contributed by atoms with Crippen LogP contribution in [-0.4, -0.2) is 45.4 Å². The fraction of sp³-hybridized carbons (Fsp3) is 0.438. The molecular formula is C16H19FN4O2. The van der Waals surface area contributed by atoms with Gasteiger partial charge in [0.1, 0.15) is 18.0 Å². The number of aromatic nitrogens is 2. The lowest BCUT2D eigenvalue weighted by molar-refractivity contribution is -0.137.